The highest BCUT2D eigenvalue weighted by Crippen LogP contribution is 2.48. The van der Waals surface area contributed by atoms with Gasteiger partial charge in [0.15, 0.2) is 0 Å². The molecule has 0 aromatic heterocycles. The Morgan fingerprint density at radius 3 is 2.40 bits per heavy atom. The summed E-state index contributed by atoms with van der Waals surface area (Å²) in [6, 6.07) is 0. The molecule has 0 aromatic carbocycles. The molecule has 4 atom stereocenters. The third-order valence-electron chi connectivity index (χ3n) is 4.71. The minimum Gasteiger partial charge on any atom is -0.481 e. The number of hydrogen-bond acceptors (Lipinski definition) is 4. The molecule has 3 aliphatic rings. The Morgan fingerprint density at radius 1 is 1.10 bits per heavy atom. The summed E-state index contributed by atoms with van der Waals surface area (Å²) < 4.78 is 0. The highest BCUT2D eigenvalue weighted by molar-refractivity contribution is 5.87. The van der Waals surface area contributed by atoms with Crippen molar-refractivity contribution in [2.75, 3.05) is 0 Å². The molecule has 0 aromatic rings. The molecule has 5 nitrogen and oxygen atoms in total. The number of carboxylic acid groups (broad SMARTS) is 1. The maximum absolute atomic E-state index is 12.2. The molecule has 0 radical (unpaired) electrons. The zero-order valence-corrected chi connectivity index (χ0v) is 11.3. The van der Waals surface area contributed by atoms with E-state index in [0.717, 1.165) is 37.8 Å². The normalized spacial score (nSPS) is 35.1. The third kappa shape index (κ3) is 2.37. The largest absolute Gasteiger partial charge is 0.481 e. The lowest BCUT2D eigenvalue weighted by atomic mass is 9.83. The fourth-order valence-corrected chi connectivity index (χ4v) is 3.70. The summed E-state index contributed by atoms with van der Waals surface area (Å²) >= 11 is 0. The molecule has 5 heteroatoms. The number of carbonyl (C=O) groups is 2. The third-order valence-corrected chi connectivity index (χ3v) is 4.71. The Bertz CT molecular complexity index is 474. The van der Waals surface area contributed by atoms with Gasteiger partial charge in [0.2, 0.25) is 0 Å². The summed E-state index contributed by atoms with van der Waals surface area (Å²) in [5.74, 6) is -2.64. The van der Waals surface area contributed by atoms with Gasteiger partial charge in [-0.15, -0.1) is 0 Å². The number of rotatable bonds is 3. The van der Waals surface area contributed by atoms with Crippen LogP contribution < -0.4 is 0 Å². The lowest BCUT2D eigenvalue weighted by molar-refractivity contribution is -0.158. The smallest absolute Gasteiger partial charge is 0.339 e. The number of hydrogen-bond donors (Lipinski definition) is 1. The van der Waals surface area contributed by atoms with Gasteiger partial charge in [0.25, 0.3) is 0 Å². The summed E-state index contributed by atoms with van der Waals surface area (Å²) in [6.45, 7) is 0. The van der Waals surface area contributed by atoms with Gasteiger partial charge in [-0.2, -0.15) is 0 Å². The van der Waals surface area contributed by atoms with Crippen molar-refractivity contribution in [1.29, 1.82) is 0 Å². The van der Waals surface area contributed by atoms with Gasteiger partial charge in [0.05, 0.1) is 17.5 Å². The van der Waals surface area contributed by atoms with E-state index in [0.29, 0.717) is 0 Å². The summed E-state index contributed by atoms with van der Waals surface area (Å²) in [6.07, 6.45) is 9.75. The Kier molecular flexibility index (Phi) is 3.59. The van der Waals surface area contributed by atoms with Crippen LogP contribution in [0.3, 0.4) is 0 Å². The molecule has 0 spiro atoms. The highest BCUT2D eigenvalue weighted by Gasteiger charge is 2.52. The molecule has 3 aliphatic carbocycles. The molecule has 3 rings (SSSR count). The van der Waals surface area contributed by atoms with Crippen LogP contribution in [0, 0.1) is 23.7 Å². The average molecular weight is 277 g/mol. The van der Waals surface area contributed by atoms with E-state index in [1.54, 1.807) is 0 Å². The van der Waals surface area contributed by atoms with Crippen LogP contribution in [0.25, 0.3) is 0 Å². The van der Waals surface area contributed by atoms with Crippen molar-refractivity contribution in [3.63, 3.8) is 0 Å². The predicted molar refractivity (Wildman–Crippen MR) is 72.0 cm³/mol. The molecule has 108 valence electrons. The van der Waals surface area contributed by atoms with E-state index in [2.05, 4.69) is 5.16 Å². The Morgan fingerprint density at radius 2 is 1.75 bits per heavy atom. The lowest BCUT2D eigenvalue weighted by Gasteiger charge is -2.21. The van der Waals surface area contributed by atoms with Crippen LogP contribution in [-0.2, 0) is 14.4 Å². The molecule has 20 heavy (non-hydrogen) atoms. The molecule has 0 amide bonds. The Balaban J connectivity index is 1.67. The van der Waals surface area contributed by atoms with E-state index in [1.165, 1.54) is 6.42 Å². The van der Waals surface area contributed by atoms with Gasteiger partial charge >= 0.3 is 11.9 Å². The van der Waals surface area contributed by atoms with E-state index < -0.39 is 23.8 Å². The number of carbonyl (C=O) groups excluding carboxylic acids is 1. The molecular formula is C15H19NO4. The van der Waals surface area contributed by atoms with Gasteiger partial charge in [0, 0.05) is 0 Å². The highest BCUT2D eigenvalue weighted by atomic mass is 16.7. The van der Waals surface area contributed by atoms with E-state index in [-0.39, 0.29) is 11.8 Å². The summed E-state index contributed by atoms with van der Waals surface area (Å²) in [5, 5.41) is 13.2. The van der Waals surface area contributed by atoms with E-state index >= 15 is 0 Å². The zero-order valence-electron chi connectivity index (χ0n) is 11.3. The summed E-state index contributed by atoms with van der Waals surface area (Å²) in [7, 11) is 0. The van der Waals surface area contributed by atoms with Gasteiger partial charge in [-0.3, -0.25) is 4.79 Å². The van der Waals surface area contributed by atoms with Gasteiger partial charge in [-0.05, 0) is 43.9 Å². The molecule has 2 saturated carbocycles. The second-order valence-corrected chi connectivity index (χ2v) is 5.97. The lowest BCUT2D eigenvalue weighted by Crippen LogP contribution is -2.33. The standard InChI is InChI=1S/C15H19NO4/c17-14(18)12-9-6-7-10(8-9)13(12)15(19)20-16-11-4-2-1-3-5-11/h6-7,9-10,12-13H,1-5,8H2,(H,17,18)/t9-,10-,12-,13-/m0/s1. The maximum atomic E-state index is 12.2. The number of fused-ring (bicyclic) bond motifs is 2. The first-order chi connectivity index (χ1) is 9.66. The van der Waals surface area contributed by atoms with Crippen molar-refractivity contribution in [2.45, 2.75) is 38.5 Å². The topological polar surface area (TPSA) is 76.0 Å². The molecule has 1 N–H and O–H groups in total. The Hall–Kier alpha value is -1.65. The van der Waals surface area contributed by atoms with Crippen molar-refractivity contribution in [1.82, 2.24) is 0 Å². The first kappa shape index (κ1) is 13.3. The minimum atomic E-state index is -0.908. The average Bonchev–Trinajstić information content (AvgIpc) is 3.06. The zero-order chi connectivity index (χ0) is 14.1. The molecule has 0 heterocycles. The Labute approximate surface area is 117 Å². The van der Waals surface area contributed by atoms with Crippen molar-refractivity contribution >= 4 is 17.7 Å². The van der Waals surface area contributed by atoms with Crippen molar-refractivity contribution in [2.24, 2.45) is 28.8 Å². The molecule has 0 aliphatic heterocycles. The second-order valence-electron chi connectivity index (χ2n) is 5.97. The predicted octanol–water partition coefficient (Wildman–Crippen LogP) is 2.37. The second kappa shape index (κ2) is 5.38. The molecule has 2 fully saturated rings. The van der Waals surface area contributed by atoms with Crippen LogP contribution in [-0.4, -0.2) is 22.8 Å². The van der Waals surface area contributed by atoms with Gasteiger partial charge < -0.3 is 9.94 Å². The number of allylic oxidation sites excluding steroid dienone is 2. The number of aliphatic carboxylic acids is 1. The summed E-state index contributed by atoms with van der Waals surface area (Å²) in [5.41, 5.74) is 0.926. The summed E-state index contributed by atoms with van der Waals surface area (Å²) in [4.78, 5) is 28.6. The van der Waals surface area contributed by atoms with E-state index in [9.17, 15) is 14.7 Å². The van der Waals surface area contributed by atoms with Crippen LogP contribution in [0.5, 0.6) is 0 Å². The number of oxime groups is 1. The minimum absolute atomic E-state index is 0.000144. The molecular weight excluding hydrogens is 258 g/mol. The van der Waals surface area contributed by atoms with Crippen molar-refractivity contribution < 1.29 is 19.5 Å². The number of carboxylic acids is 1. The van der Waals surface area contributed by atoms with Crippen LogP contribution in [0.2, 0.25) is 0 Å². The number of nitrogens with zero attached hydrogens (tertiary/aromatic N) is 1. The van der Waals surface area contributed by atoms with E-state index in [1.807, 2.05) is 12.2 Å². The monoisotopic (exact) mass is 277 g/mol. The first-order valence-electron chi connectivity index (χ1n) is 7.34. The van der Waals surface area contributed by atoms with Crippen LogP contribution >= 0.6 is 0 Å². The fourth-order valence-electron chi connectivity index (χ4n) is 3.70. The fraction of sp³-hybridized carbons (Fsp3) is 0.667. The van der Waals surface area contributed by atoms with Crippen LogP contribution in [0.15, 0.2) is 17.3 Å². The van der Waals surface area contributed by atoms with E-state index in [4.69, 9.17) is 4.84 Å². The molecule has 0 unspecified atom stereocenters. The molecule has 0 saturated heterocycles. The van der Waals surface area contributed by atoms with Crippen molar-refractivity contribution in [3.8, 4) is 0 Å². The quantitative estimate of drug-likeness (QED) is 0.488. The molecule has 2 bridgehead atoms. The van der Waals surface area contributed by atoms with Crippen molar-refractivity contribution in [3.05, 3.63) is 12.2 Å². The van der Waals surface area contributed by atoms with Gasteiger partial charge in [-0.25, -0.2) is 4.79 Å². The van der Waals surface area contributed by atoms with Gasteiger partial charge in [-0.1, -0.05) is 23.7 Å². The van der Waals surface area contributed by atoms with Crippen LogP contribution in [0.1, 0.15) is 38.5 Å². The van der Waals surface area contributed by atoms with Crippen LogP contribution in [0.4, 0.5) is 0 Å². The first-order valence-corrected chi connectivity index (χ1v) is 7.34. The SMILES string of the molecule is O=C(O)[C@@H]1[C@@H](C(=O)ON=C2CCCCC2)[C@H]2C=C[C@H]1C2. The van der Waals surface area contributed by atoms with Gasteiger partial charge in [0.1, 0.15) is 0 Å². The maximum Gasteiger partial charge on any atom is 0.339 e.